The predicted octanol–water partition coefficient (Wildman–Crippen LogP) is 0.654. The Balaban J connectivity index is 2.22. The third-order valence-electron chi connectivity index (χ3n) is 3.35. The molecule has 0 bridgehead atoms. The Labute approximate surface area is 107 Å². The normalized spacial score (nSPS) is 16.8. The van der Waals surface area contributed by atoms with Gasteiger partial charge in [-0.15, -0.1) is 0 Å². The molecule has 0 spiro atoms. The second kappa shape index (κ2) is 7.20. The van der Waals surface area contributed by atoms with Gasteiger partial charge >= 0.3 is 12.0 Å². The second-order valence-electron chi connectivity index (χ2n) is 4.71. The van der Waals surface area contributed by atoms with Gasteiger partial charge < -0.3 is 20.4 Å². The molecule has 18 heavy (non-hydrogen) atoms. The maximum atomic E-state index is 11.8. The SMILES string of the molecule is CCN(CC1CCC1)C(=O)NCCC(O)C(=O)O. The van der Waals surface area contributed by atoms with Gasteiger partial charge in [0.1, 0.15) is 0 Å². The molecule has 1 unspecified atom stereocenters. The highest BCUT2D eigenvalue weighted by Crippen LogP contribution is 2.26. The lowest BCUT2D eigenvalue weighted by Gasteiger charge is -2.31. The number of aliphatic carboxylic acids is 1. The van der Waals surface area contributed by atoms with Crippen LogP contribution in [0.4, 0.5) is 4.79 Å². The van der Waals surface area contributed by atoms with E-state index in [0.717, 1.165) is 6.54 Å². The Bertz CT molecular complexity index is 292. The highest BCUT2D eigenvalue weighted by molar-refractivity contribution is 5.74. The van der Waals surface area contributed by atoms with Crippen molar-refractivity contribution in [2.24, 2.45) is 5.92 Å². The number of nitrogens with one attached hydrogen (secondary N) is 1. The Morgan fingerprint density at radius 1 is 1.44 bits per heavy atom. The van der Waals surface area contributed by atoms with Crippen LogP contribution in [-0.2, 0) is 4.79 Å². The number of carboxylic acid groups (broad SMARTS) is 1. The minimum atomic E-state index is -1.41. The zero-order valence-corrected chi connectivity index (χ0v) is 10.8. The molecule has 1 saturated carbocycles. The third kappa shape index (κ3) is 4.52. The summed E-state index contributed by atoms with van der Waals surface area (Å²) in [5.41, 5.74) is 0. The van der Waals surface area contributed by atoms with Crippen LogP contribution in [0, 0.1) is 5.92 Å². The van der Waals surface area contributed by atoms with Gasteiger partial charge in [0.05, 0.1) is 0 Å². The van der Waals surface area contributed by atoms with Crippen molar-refractivity contribution in [1.29, 1.82) is 0 Å². The molecule has 0 saturated heterocycles. The van der Waals surface area contributed by atoms with Crippen molar-refractivity contribution in [3.05, 3.63) is 0 Å². The summed E-state index contributed by atoms with van der Waals surface area (Å²) in [6.07, 6.45) is 2.23. The van der Waals surface area contributed by atoms with Gasteiger partial charge in [0.15, 0.2) is 6.10 Å². The molecule has 0 aromatic heterocycles. The lowest BCUT2D eigenvalue weighted by Crippen LogP contribution is -2.44. The second-order valence-corrected chi connectivity index (χ2v) is 4.71. The summed E-state index contributed by atoms with van der Waals surface area (Å²) in [5.74, 6) is -0.647. The van der Waals surface area contributed by atoms with Crippen molar-refractivity contribution >= 4 is 12.0 Å². The summed E-state index contributed by atoms with van der Waals surface area (Å²) >= 11 is 0. The first kappa shape index (κ1) is 14.8. The van der Waals surface area contributed by atoms with E-state index in [2.05, 4.69) is 5.32 Å². The summed E-state index contributed by atoms with van der Waals surface area (Å²) in [6, 6.07) is -0.179. The number of carboxylic acids is 1. The largest absolute Gasteiger partial charge is 0.479 e. The van der Waals surface area contributed by atoms with Crippen molar-refractivity contribution in [2.45, 2.75) is 38.7 Å². The maximum Gasteiger partial charge on any atom is 0.332 e. The number of amides is 2. The van der Waals surface area contributed by atoms with Crippen molar-refractivity contribution in [3.63, 3.8) is 0 Å². The van der Waals surface area contributed by atoms with Crippen LogP contribution in [0.15, 0.2) is 0 Å². The molecule has 1 aliphatic rings. The van der Waals surface area contributed by atoms with Gasteiger partial charge in [-0.2, -0.15) is 0 Å². The van der Waals surface area contributed by atoms with Crippen molar-refractivity contribution in [3.8, 4) is 0 Å². The minimum absolute atomic E-state index is 0.0298. The van der Waals surface area contributed by atoms with Crippen LogP contribution >= 0.6 is 0 Å². The Morgan fingerprint density at radius 2 is 2.11 bits per heavy atom. The zero-order chi connectivity index (χ0) is 13.5. The number of hydrogen-bond donors (Lipinski definition) is 3. The predicted molar refractivity (Wildman–Crippen MR) is 66.2 cm³/mol. The monoisotopic (exact) mass is 258 g/mol. The van der Waals surface area contributed by atoms with Crippen molar-refractivity contribution < 1.29 is 19.8 Å². The molecule has 1 fully saturated rings. The number of carbonyl (C=O) groups excluding carboxylic acids is 1. The number of nitrogens with zero attached hydrogens (tertiary/aromatic N) is 1. The van der Waals surface area contributed by atoms with Gasteiger partial charge in [-0.1, -0.05) is 6.42 Å². The number of rotatable bonds is 7. The summed E-state index contributed by atoms with van der Waals surface area (Å²) < 4.78 is 0. The van der Waals surface area contributed by atoms with Gasteiger partial charge in [0, 0.05) is 26.1 Å². The van der Waals surface area contributed by atoms with E-state index >= 15 is 0 Å². The van der Waals surface area contributed by atoms with Crippen molar-refractivity contribution in [2.75, 3.05) is 19.6 Å². The molecule has 3 N–H and O–H groups in total. The zero-order valence-electron chi connectivity index (χ0n) is 10.8. The number of aliphatic hydroxyl groups excluding tert-OH is 1. The highest BCUT2D eigenvalue weighted by Gasteiger charge is 2.22. The summed E-state index contributed by atoms with van der Waals surface area (Å²) in [5, 5.41) is 20.2. The molecule has 1 aliphatic carbocycles. The van der Waals surface area contributed by atoms with Crippen LogP contribution < -0.4 is 5.32 Å². The molecule has 6 heteroatoms. The smallest absolute Gasteiger partial charge is 0.332 e. The van der Waals surface area contributed by atoms with E-state index in [1.54, 1.807) is 4.90 Å². The Kier molecular flexibility index (Phi) is 5.91. The molecule has 0 aliphatic heterocycles. The quantitative estimate of drug-likeness (QED) is 0.625. The number of urea groups is 1. The third-order valence-corrected chi connectivity index (χ3v) is 3.35. The van der Waals surface area contributed by atoms with Crippen LogP contribution in [0.5, 0.6) is 0 Å². The average molecular weight is 258 g/mol. The summed E-state index contributed by atoms with van der Waals surface area (Å²) in [4.78, 5) is 23.9. The fraction of sp³-hybridized carbons (Fsp3) is 0.833. The van der Waals surface area contributed by atoms with Gasteiger partial charge in [-0.3, -0.25) is 0 Å². The lowest BCUT2D eigenvalue weighted by atomic mass is 9.85. The molecule has 104 valence electrons. The molecule has 6 nitrogen and oxygen atoms in total. The molecular formula is C12H22N2O4. The van der Waals surface area contributed by atoms with E-state index in [1.807, 2.05) is 6.92 Å². The molecule has 0 heterocycles. The van der Waals surface area contributed by atoms with E-state index < -0.39 is 12.1 Å². The van der Waals surface area contributed by atoms with Gasteiger partial charge in [0.25, 0.3) is 0 Å². The van der Waals surface area contributed by atoms with E-state index in [0.29, 0.717) is 12.5 Å². The first-order valence-corrected chi connectivity index (χ1v) is 6.48. The first-order chi connectivity index (χ1) is 8.54. The molecule has 1 atom stereocenters. The molecule has 0 radical (unpaired) electrons. The fourth-order valence-electron chi connectivity index (χ4n) is 1.89. The Hall–Kier alpha value is -1.30. The molecule has 0 aromatic carbocycles. The van der Waals surface area contributed by atoms with E-state index in [4.69, 9.17) is 10.2 Å². The van der Waals surface area contributed by atoms with Crippen LogP contribution in [0.2, 0.25) is 0 Å². The summed E-state index contributed by atoms with van der Waals surface area (Å²) in [6.45, 7) is 3.51. The van der Waals surface area contributed by atoms with E-state index in [1.165, 1.54) is 19.3 Å². The van der Waals surface area contributed by atoms with Crippen molar-refractivity contribution in [1.82, 2.24) is 10.2 Å². The number of hydrogen-bond acceptors (Lipinski definition) is 3. The minimum Gasteiger partial charge on any atom is -0.479 e. The summed E-state index contributed by atoms with van der Waals surface area (Å²) in [7, 11) is 0. The molecular weight excluding hydrogens is 236 g/mol. The maximum absolute atomic E-state index is 11.8. The first-order valence-electron chi connectivity index (χ1n) is 6.48. The van der Waals surface area contributed by atoms with Crippen LogP contribution in [0.1, 0.15) is 32.6 Å². The fourth-order valence-corrected chi connectivity index (χ4v) is 1.89. The molecule has 0 aromatic rings. The van der Waals surface area contributed by atoms with E-state index in [9.17, 15) is 9.59 Å². The van der Waals surface area contributed by atoms with Gasteiger partial charge in [-0.25, -0.2) is 9.59 Å². The Morgan fingerprint density at radius 3 is 2.56 bits per heavy atom. The van der Waals surface area contributed by atoms with Gasteiger partial charge in [-0.05, 0) is 25.7 Å². The molecule has 2 amide bonds. The topological polar surface area (TPSA) is 89.9 Å². The number of carbonyl (C=O) groups is 2. The molecule has 1 rings (SSSR count). The lowest BCUT2D eigenvalue weighted by molar-refractivity contribution is -0.146. The standard InChI is InChI=1S/C12H22N2O4/c1-2-14(8-9-4-3-5-9)12(18)13-7-6-10(15)11(16)17/h9-10,15H,2-8H2,1H3,(H,13,18)(H,16,17). The van der Waals surface area contributed by atoms with Crippen LogP contribution in [-0.4, -0.2) is 52.9 Å². The average Bonchev–Trinajstić information content (AvgIpc) is 2.27. The van der Waals surface area contributed by atoms with E-state index in [-0.39, 0.29) is 19.0 Å². The number of aliphatic hydroxyl groups is 1. The highest BCUT2D eigenvalue weighted by atomic mass is 16.4. The van der Waals surface area contributed by atoms with Crippen LogP contribution in [0.25, 0.3) is 0 Å². The van der Waals surface area contributed by atoms with Gasteiger partial charge in [0.2, 0.25) is 0 Å². The van der Waals surface area contributed by atoms with Crippen LogP contribution in [0.3, 0.4) is 0 Å².